The maximum atomic E-state index is 13.8. The van der Waals surface area contributed by atoms with Gasteiger partial charge in [-0.25, -0.2) is 0 Å². The molecule has 5 aliphatic carbocycles. The number of rotatable bonds is 6. The molecule has 0 aromatic rings. The Morgan fingerprint density at radius 2 is 1.69 bits per heavy atom. The number of carboxylic acid groups (broad SMARTS) is 1. The van der Waals surface area contributed by atoms with Crippen molar-refractivity contribution in [3.05, 3.63) is 12.2 Å². The van der Waals surface area contributed by atoms with Crippen molar-refractivity contribution in [2.45, 2.75) is 118 Å². The van der Waals surface area contributed by atoms with Crippen molar-refractivity contribution in [2.24, 2.45) is 51.2 Å². The zero-order chi connectivity index (χ0) is 29.5. The lowest BCUT2D eigenvalue weighted by Gasteiger charge is -2.62. The monoisotopic (exact) mass is 546 g/mol. The molecule has 5 fully saturated rings. The molecule has 39 heavy (non-hydrogen) atoms. The van der Waals surface area contributed by atoms with Gasteiger partial charge in [-0.3, -0.25) is 14.4 Å². The van der Waals surface area contributed by atoms with Crippen LogP contribution in [0.25, 0.3) is 0 Å². The maximum absolute atomic E-state index is 13.8. The molecule has 220 valence electrons. The van der Waals surface area contributed by atoms with Crippen LogP contribution in [0.3, 0.4) is 0 Å². The summed E-state index contributed by atoms with van der Waals surface area (Å²) in [5, 5.41) is 45.2. The van der Waals surface area contributed by atoms with Gasteiger partial charge in [0.25, 0.3) is 0 Å². The molecule has 5 aliphatic rings. The van der Waals surface area contributed by atoms with Gasteiger partial charge in [-0.2, -0.15) is 0 Å². The van der Waals surface area contributed by atoms with Gasteiger partial charge in [-0.1, -0.05) is 53.7 Å². The van der Waals surface area contributed by atoms with Crippen LogP contribution in [0.1, 0.15) is 99.8 Å². The highest BCUT2D eigenvalue weighted by atomic mass is 16.4. The van der Waals surface area contributed by atoms with Crippen molar-refractivity contribution >= 4 is 17.5 Å². The van der Waals surface area contributed by atoms with E-state index in [4.69, 9.17) is 0 Å². The van der Waals surface area contributed by atoms with E-state index < -0.39 is 57.1 Å². The van der Waals surface area contributed by atoms with Crippen LogP contribution in [0, 0.1) is 51.2 Å². The van der Waals surface area contributed by atoms with Crippen molar-refractivity contribution in [3.8, 4) is 0 Å². The fraction of sp³-hybridized carbons (Fsp3) is 0.844. The number of carbonyl (C=O) groups is 3. The van der Waals surface area contributed by atoms with E-state index in [2.05, 4.69) is 34.3 Å². The van der Waals surface area contributed by atoms with Gasteiger partial charge in [0.2, 0.25) is 0 Å². The van der Waals surface area contributed by atoms with Gasteiger partial charge in [0, 0.05) is 24.2 Å². The van der Waals surface area contributed by atoms with Crippen LogP contribution in [-0.2, 0) is 14.4 Å². The summed E-state index contributed by atoms with van der Waals surface area (Å²) in [6.45, 7) is 18.2. The average molecular weight is 547 g/mol. The van der Waals surface area contributed by atoms with Crippen molar-refractivity contribution in [1.29, 1.82) is 0 Å². The number of hydrogen-bond acceptors (Lipinski definition) is 6. The van der Waals surface area contributed by atoms with Crippen LogP contribution in [0.15, 0.2) is 12.2 Å². The first kappa shape index (κ1) is 30.4. The number of fused-ring (bicyclic) bond motifs is 2. The Morgan fingerprint density at radius 3 is 2.26 bits per heavy atom. The number of carbonyl (C=O) groups excluding carboxylic acids is 2. The maximum Gasteiger partial charge on any atom is 0.312 e. The zero-order valence-corrected chi connectivity index (χ0v) is 24.9. The summed E-state index contributed by atoms with van der Waals surface area (Å²) in [6.07, 6.45) is 0.876. The number of carboxylic acids is 1. The van der Waals surface area contributed by atoms with E-state index in [-0.39, 0.29) is 36.9 Å². The summed E-state index contributed by atoms with van der Waals surface area (Å²) >= 11 is 0. The summed E-state index contributed by atoms with van der Waals surface area (Å²) in [5.41, 5.74) is -5.25. The van der Waals surface area contributed by atoms with Crippen molar-refractivity contribution in [3.63, 3.8) is 0 Å². The molecule has 11 atom stereocenters. The summed E-state index contributed by atoms with van der Waals surface area (Å²) < 4.78 is 0. The molecule has 0 bridgehead atoms. The largest absolute Gasteiger partial charge is 0.481 e. The Labute approximate surface area is 233 Å². The predicted octanol–water partition coefficient (Wildman–Crippen LogP) is 4.56. The molecule has 5 saturated carbocycles. The molecule has 0 radical (unpaired) electrons. The van der Waals surface area contributed by atoms with Crippen LogP contribution < -0.4 is 0 Å². The molecule has 0 amide bonds. The van der Waals surface area contributed by atoms with E-state index in [1.165, 1.54) is 12.5 Å². The first-order valence-corrected chi connectivity index (χ1v) is 15.1. The van der Waals surface area contributed by atoms with E-state index in [1.807, 2.05) is 13.8 Å². The molecule has 4 N–H and O–H groups in total. The zero-order valence-electron chi connectivity index (χ0n) is 24.9. The Hall–Kier alpha value is -1.57. The molecule has 0 aliphatic heterocycles. The minimum Gasteiger partial charge on any atom is -0.481 e. The van der Waals surface area contributed by atoms with Crippen LogP contribution in [-0.4, -0.2) is 55.8 Å². The normalized spacial score (nSPS) is 48.6. The van der Waals surface area contributed by atoms with Gasteiger partial charge in [0.05, 0.1) is 23.2 Å². The third-order valence-corrected chi connectivity index (χ3v) is 12.5. The molecular formula is C32H50O7. The number of aliphatic hydroxyl groups excluding tert-OH is 2. The van der Waals surface area contributed by atoms with E-state index in [1.54, 1.807) is 0 Å². The number of aliphatic hydroxyl groups is 3. The summed E-state index contributed by atoms with van der Waals surface area (Å²) in [4.78, 5) is 39.8. The third-order valence-electron chi connectivity index (χ3n) is 12.5. The topological polar surface area (TPSA) is 132 Å². The molecule has 0 unspecified atom stereocenters. The molecular weight excluding hydrogens is 496 g/mol. The van der Waals surface area contributed by atoms with Gasteiger partial charge in [-0.15, -0.1) is 0 Å². The second kappa shape index (κ2) is 9.49. The Morgan fingerprint density at radius 1 is 1.08 bits per heavy atom. The number of allylic oxidation sites excluding steroid dienone is 1. The SMILES string of the molecule is C=C(CC[C@@H](C)[C@H]1CC[C@@H]2[C@]1(C)C[C@@H](O)[C@@]13C[C@@]14C(=O)C[C@H](O)[C@@](C)(C(=O)O)[C@@H]4C(=O)C[C@]23O)C(C)C.CC. The summed E-state index contributed by atoms with van der Waals surface area (Å²) in [5.74, 6) is -2.64. The van der Waals surface area contributed by atoms with E-state index in [0.717, 1.165) is 19.3 Å². The van der Waals surface area contributed by atoms with Crippen molar-refractivity contribution < 1.29 is 34.8 Å². The standard InChI is InChI=1S/C30H44O7.C2H6/c1-15(2)16(3)7-8-17(4)18-9-10-20-26(18,5)13-23(34)29-14-28(29)22(33)11-21(32)27(6,25(35)36)24(28)19(31)12-30(20,29)37;1-2/h15,17-18,20-21,23-24,32,34,37H,3,7-14H2,1-2,4-6H3,(H,35,36);1-2H3/t17-,18-,20-,21+,23-,24+,26-,27-,28+,29+,30+;/m1./s1. The van der Waals surface area contributed by atoms with Crippen LogP contribution in [0.5, 0.6) is 0 Å². The number of Topliss-reactive ketones (excluding diaryl/α,β-unsaturated/α-hetero) is 2. The molecule has 0 saturated heterocycles. The second-order valence-corrected chi connectivity index (χ2v) is 14.1. The molecule has 2 spiro atoms. The minimum atomic E-state index is -1.83. The van der Waals surface area contributed by atoms with E-state index in [9.17, 15) is 34.8 Å². The molecule has 0 aromatic carbocycles. The van der Waals surface area contributed by atoms with Crippen molar-refractivity contribution in [2.75, 3.05) is 0 Å². The first-order valence-electron chi connectivity index (χ1n) is 15.1. The minimum absolute atomic E-state index is 0.115. The lowest BCUT2D eigenvalue weighted by Crippen LogP contribution is -2.72. The number of ketones is 2. The number of hydrogen-bond donors (Lipinski definition) is 4. The highest BCUT2D eigenvalue weighted by molar-refractivity contribution is 6.04. The van der Waals surface area contributed by atoms with E-state index >= 15 is 0 Å². The number of aliphatic carboxylic acids is 1. The fourth-order valence-corrected chi connectivity index (χ4v) is 10.4. The highest BCUT2D eigenvalue weighted by Gasteiger charge is 2.93. The summed E-state index contributed by atoms with van der Waals surface area (Å²) in [7, 11) is 0. The van der Waals surface area contributed by atoms with Gasteiger partial charge in [0.1, 0.15) is 17.0 Å². The molecule has 0 heterocycles. The van der Waals surface area contributed by atoms with Gasteiger partial charge >= 0.3 is 5.97 Å². The Kier molecular flexibility index (Phi) is 7.39. The van der Waals surface area contributed by atoms with Gasteiger partial charge in [-0.05, 0) is 74.5 Å². The average Bonchev–Trinajstić information content (AvgIpc) is 3.45. The van der Waals surface area contributed by atoms with Crippen LogP contribution in [0.4, 0.5) is 0 Å². The second-order valence-electron chi connectivity index (χ2n) is 14.1. The quantitative estimate of drug-likeness (QED) is 0.359. The lowest BCUT2D eigenvalue weighted by atomic mass is 9.42. The van der Waals surface area contributed by atoms with Crippen LogP contribution >= 0.6 is 0 Å². The molecule has 7 nitrogen and oxygen atoms in total. The fourth-order valence-electron chi connectivity index (χ4n) is 10.4. The smallest absolute Gasteiger partial charge is 0.312 e. The molecule has 5 rings (SSSR count). The van der Waals surface area contributed by atoms with Crippen molar-refractivity contribution in [1.82, 2.24) is 0 Å². The van der Waals surface area contributed by atoms with Gasteiger partial charge in [0.15, 0.2) is 0 Å². The predicted molar refractivity (Wildman–Crippen MR) is 148 cm³/mol. The Balaban J connectivity index is 0.00000172. The van der Waals surface area contributed by atoms with Gasteiger partial charge < -0.3 is 20.4 Å². The molecule has 0 aromatic heterocycles. The first-order chi connectivity index (χ1) is 18.1. The third kappa shape index (κ3) is 3.54. The summed E-state index contributed by atoms with van der Waals surface area (Å²) in [6, 6.07) is 0. The lowest BCUT2D eigenvalue weighted by molar-refractivity contribution is -0.242. The highest BCUT2D eigenvalue weighted by Crippen LogP contribution is 2.86. The van der Waals surface area contributed by atoms with E-state index in [0.29, 0.717) is 24.7 Å². The molecule has 7 heteroatoms. The Bertz CT molecular complexity index is 1070. The van der Waals surface area contributed by atoms with Crippen LogP contribution in [0.2, 0.25) is 0 Å².